The average Bonchev–Trinajstić information content (AvgIpc) is 2.57. The molecule has 0 bridgehead atoms. The highest BCUT2D eigenvalue weighted by Crippen LogP contribution is 2.45. The average molecular weight is 338 g/mol. The summed E-state index contributed by atoms with van der Waals surface area (Å²) in [6.45, 7) is 3.91. The van der Waals surface area contributed by atoms with Gasteiger partial charge in [0.25, 0.3) is 0 Å². The molecule has 0 radical (unpaired) electrons. The zero-order valence-corrected chi connectivity index (χ0v) is 14.5. The van der Waals surface area contributed by atoms with Crippen molar-refractivity contribution in [1.82, 2.24) is 0 Å². The zero-order valence-electron chi connectivity index (χ0n) is 13.6. The van der Waals surface area contributed by atoms with Crippen LogP contribution in [0.1, 0.15) is 11.1 Å². The van der Waals surface area contributed by atoms with Crippen LogP contribution in [0, 0.1) is 13.8 Å². The molecule has 3 aromatic carbocycles. The Hall–Kier alpha value is -2.35. The van der Waals surface area contributed by atoms with E-state index in [0.29, 0.717) is 5.75 Å². The second-order valence-corrected chi connectivity index (χ2v) is 7.55. The van der Waals surface area contributed by atoms with E-state index < -0.39 is 7.60 Å². The molecule has 3 nitrogen and oxygen atoms in total. The van der Waals surface area contributed by atoms with Gasteiger partial charge in [-0.25, -0.2) is 4.57 Å². The summed E-state index contributed by atoms with van der Waals surface area (Å²) in [6, 6.07) is 22.1. The lowest BCUT2D eigenvalue weighted by atomic mass is 10.0. The summed E-state index contributed by atoms with van der Waals surface area (Å²) in [5.74, 6) is 0.401. The summed E-state index contributed by atoms with van der Waals surface area (Å²) >= 11 is 0. The Morgan fingerprint density at radius 2 is 1.46 bits per heavy atom. The molecule has 1 unspecified atom stereocenters. The molecule has 0 aromatic heterocycles. The number of rotatable bonds is 4. The molecular formula is C20H19O3P. The fraction of sp³-hybridized carbons (Fsp3) is 0.100. The van der Waals surface area contributed by atoms with Gasteiger partial charge in [0.05, 0.1) is 5.30 Å². The van der Waals surface area contributed by atoms with E-state index in [-0.39, 0.29) is 5.30 Å². The highest BCUT2D eigenvalue weighted by molar-refractivity contribution is 7.61. The van der Waals surface area contributed by atoms with Crippen LogP contribution in [0.2, 0.25) is 0 Å². The monoisotopic (exact) mass is 338 g/mol. The molecule has 0 heterocycles. The van der Waals surface area contributed by atoms with Crippen LogP contribution in [0.3, 0.4) is 0 Å². The summed E-state index contributed by atoms with van der Waals surface area (Å²) in [7, 11) is -3.95. The molecule has 0 saturated carbocycles. The SMILES string of the molecule is Cc1ccc(P(=O)(O)Oc2ccc(C)cc2-c2ccccc2)cc1. The first kappa shape index (κ1) is 16.5. The predicted molar refractivity (Wildman–Crippen MR) is 97.9 cm³/mol. The van der Waals surface area contributed by atoms with E-state index in [1.807, 2.05) is 56.3 Å². The summed E-state index contributed by atoms with van der Waals surface area (Å²) in [6.07, 6.45) is 0. The van der Waals surface area contributed by atoms with Crippen molar-refractivity contribution in [2.45, 2.75) is 13.8 Å². The van der Waals surface area contributed by atoms with Crippen molar-refractivity contribution >= 4 is 12.9 Å². The summed E-state index contributed by atoms with van der Waals surface area (Å²) in [5.41, 5.74) is 3.83. The normalized spacial score (nSPS) is 13.3. The van der Waals surface area contributed by atoms with Gasteiger partial charge in [-0.1, -0.05) is 59.7 Å². The maximum Gasteiger partial charge on any atom is 0.408 e. The van der Waals surface area contributed by atoms with E-state index >= 15 is 0 Å². The number of hydrogen-bond acceptors (Lipinski definition) is 2. The first-order valence-electron chi connectivity index (χ1n) is 7.71. The van der Waals surface area contributed by atoms with Crippen LogP contribution in [0.4, 0.5) is 0 Å². The minimum atomic E-state index is -3.95. The quantitative estimate of drug-likeness (QED) is 0.691. The Morgan fingerprint density at radius 3 is 2.12 bits per heavy atom. The lowest BCUT2D eigenvalue weighted by Gasteiger charge is -2.17. The van der Waals surface area contributed by atoms with Gasteiger partial charge in [0.1, 0.15) is 5.75 Å². The summed E-state index contributed by atoms with van der Waals surface area (Å²) in [5, 5.41) is 0.285. The molecule has 0 spiro atoms. The lowest BCUT2D eigenvalue weighted by Crippen LogP contribution is -2.09. The summed E-state index contributed by atoms with van der Waals surface area (Å²) in [4.78, 5) is 10.4. The van der Waals surface area contributed by atoms with E-state index in [9.17, 15) is 9.46 Å². The van der Waals surface area contributed by atoms with Crippen molar-refractivity contribution in [3.63, 3.8) is 0 Å². The van der Waals surface area contributed by atoms with Crippen molar-refractivity contribution < 1.29 is 14.0 Å². The largest absolute Gasteiger partial charge is 0.421 e. The van der Waals surface area contributed by atoms with E-state index in [4.69, 9.17) is 4.52 Å². The molecule has 1 atom stereocenters. The summed E-state index contributed by atoms with van der Waals surface area (Å²) < 4.78 is 18.3. The Bertz CT molecular complexity index is 887. The molecule has 0 aliphatic rings. The molecule has 3 aromatic rings. The molecule has 0 aliphatic carbocycles. The van der Waals surface area contributed by atoms with Gasteiger partial charge in [-0.2, -0.15) is 0 Å². The van der Waals surface area contributed by atoms with Gasteiger partial charge < -0.3 is 9.42 Å². The van der Waals surface area contributed by atoms with Crippen LogP contribution in [0.25, 0.3) is 11.1 Å². The molecule has 0 fully saturated rings. The third-order valence-electron chi connectivity index (χ3n) is 3.80. The maximum atomic E-state index is 12.7. The standard InChI is InChI=1S/C20H19O3P/c1-15-8-11-18(12-9-15)24(21,22)23-20-13-10-16(2)14-19(20)17-6-4-3-5-7-17/h3-14H,1-2H3,(H,21,22). The third-order valence-corrected chi connectivity index (χ3v) is 5.20. The van der Waals surface area contributed by atoms with Crippen LogP contribution >= 0.6 is 7.60 Å². The Morgan fingerprint density at radius 1 is 0.833 bits per heavy atom. The molecule has 0 aliphatic heterocycles. The molecular weight excluding hydrogens is 319 g/mol. The maximum absolute atomic E-state index is 12.7. The second-order valence-electron chi connectivity index (χ2n) is 5.81. The minimum absolute atomic E-state index is 0.285. The fourth-order valence-corrected chi connectivity index (χ4v) is 3.54. The molecule has 1 N–H and O–H groups in total. The zero-order chi connectivity index (χ0) is 17.2. The van der Waals surface area contributed by atoms with Crippen molar-refractivity contribution in [3.8, 4) is 16.9 Å². The third kappa shape index (κ3) is 3.59. The lowest BCUT2D eigenvalue weighted by molar-refractivity contribution is 0.394. The highest BCUT2D eigenvalue weighted by atomic mass is 31.2. The van der Waals surface area contributed by atoms with Gasteiger partial charge in [0.15, 0.2) is 0 Å². The van der Waals surface area contributed by atoms with Crippen LogP contribution in [-0.4, -0.2) is 4.89 Å². The van der Waals surface area contributed by atoms with Gasteiger partial charge >= 0.3 is 7.60 Å². The first-order chi connectivity index (χ1) is 11.5. The second kappa shape index (κ2) is 6.64. The van der Waals surface area contributed by atoms with Crippen LogP contribution in [0.5, 0.6) is 5.75 Å². The number of aryl methyl sites for hydroxylation is 2. The molecule has 24 heavy (non-hydrogen) atoms. The van der Waals surface area contributed by atoms with E-state index in [0.717, 1.165) is 22.3 Å². The van der Waals surface area contributed by atoms with Crippen LogP contribution < -0.4 is 9.83 Å². The van der Waals surface area contributed by atoms with Crippen molar-refractivity contribution in [3.05, 3.63) is 83.9 Å². The smallest absolute Gasteiger partial charge is 0.408 e. The Kier molecular flexibility index (Phi) is 4.57. The molecule has 4 heteroatoms. The molecule has 0 saturated heterocycles. The molecule has 122 valence electrons. The van der Waals surface area contributed by atoms with Gasteiger partial charge in [-0.15, -0.1) is 0 Å². The van der Waals surface area contributed by atoms with Gasteiger partial charge in [0.2, 0.25) is 0 Å². The molecule has 0 amide bonds. The van der Waals surface area contributed by atoms with E-state index in [2.05, 4.69) is 0 Å². The van der Waals surface area contributed by atoms with Crippen molar-refractivity contribution in [2.75, 3.05) is 0 Å². The topological polar surface area (TPSA) is 46.5 Å². The predicted octanol–water partition coefficient (Wildman–Crippen LogP) is 4.86. The van der Waals surface area contributed by atoms with Gasteiger partial charge in [0, 0.05) is 5.56 Å². The number of benzene rings is 3. The fourth-order valence-electron chi connectivity index (χ4n) is 2.49. The minimum Gasteiger partial charge on any atom is -0.421 e. The Balaban J connectivity index is 2.01. The van der Waals surface area contributed by atoms with Crippen LogP contribution in [0.15, 0.2) is 72.8 Å². The highest BCUT2D eigenvalue weighted by Gasteiger charge is 2.25. The number of hydrogen-bond donors (Lipinski definition) is 1. The van der Waals surface area contributed by atoms with Gasteiger partial charge in [-0.05, 0) is 43.7 Å². The van der Waals surface area contributed by atoms with Gasteiger partial charge in [-0.3, -0.25) is 0 Å². The van der Waals surface area contributed by atoms with Crippen molar-refractivity contribution in [1.29, 1.82) is 0 Å². The first-order valence-corrected chi connectivity index (χ1v) is 9.29. The molecule has 3 rings (SSSR count). The van der Waals surface area contributed by atoms with E-state index in [1.54, 1.807) is 30.3 Å². The Labute approximate surface area is 142 Å². The van der Waals surface area contributed by atoms with Crippen molar-refractivity contribution in [2.24, 2.45) is 0 Å². The van der Waals surface area contributed by atoms with E-state index in [1.165, 1.54) is 0 Å². The van der Waals surface area contributed by atoms with Crippen LogP contribution in [-0.2, 0) is 4.57 Å².